The molecule has 0 bridgehead atoms. The Morgan fingerprint density at radius 1 is 1.03 bits per heavy atom. The first-order valence-electron chi connectivity index (χ1n) is 10.6. The average Bonchev–Trinajstić information content (AvgIpc) is 2.74. The Bertz CT molecular complexity index is 829. The summed E-state index contributed by atoms with van der Waals surface area (Å²) >= 11 is 0. The number of nitrogens with zero attached hydrogens (tertiary/aromatic N) is 1. The second-order valence-electron chi connectivity index (χ2n) is 7.98. The Balaban J connectivity index is 1.28. The second-order valence-corrected chi connectivity index (χ2v) is 7.98. The topological polar surface area (TPSA) is 61.4 Å². The molecule has 1 heterocycles. The molecule has 2 aromatic rings. The maximum absolute atomic E-state index is 13.0. The fraction of sp³-hybridized carbons (Fsp3) is 0.417. The van der Waals surface area contributed by atoms with Crippen LogP contribution in [-0.2, 0) is 6.42 Å². The number of amides is 2. The van der Waals surface area contributed by atoms with Gasteiger partial charge in [-0.25, -0.2) is 9.18 Å². The summed E-state index contributed by atoms with van der Waals surface area (Å²) in [6.45, 7) is 5.24. The van der Waals surface area contributed by atoms with Crippen molar-refractivity contribution in [2.75, 3.05) is 31.5 Å². The first-order valence-corrected chi connectivity index (χ1v) is 10.6. The highest BCUT2D eigenvalue weighted by Crippen LogP contribution is 2.22. The molecule has 0 atom stereocenters. The molecule has 30 heavy (non-hydrogen) atoms. The molecule has 5 nitrogen and oxygen atoms in total. The highest BCUT2D eigenvalue weighted by Gasteiger charge is 2.19. The molecule has 0 aliphatic carbocycles. The summed E-state index contributed by atoms with van der Waals surface area (Å²) in [5.74, 6) is 0.484. The quantitative estimate of drug-likeness (QED) is 0.497. The Hall–Kier alpha value is -2.73. The Labute approximate surface area is 177 Å². The Morgan fingerprint density at radius 2 is 1.70 bits per heavy atom. The SMILES string of the molecule is CC(=O)c1ccc(NC(=O)NCCCN2CCC(Cc3ccc(F)cc3)CC2)cc1. The average molecular weight is 412 g/mol. The molecular formula is C24H30FN3O2. The standard InChI is InChI=1S/C24H30FN3O2/c1-18(29)21-5-9-23(10-6-21)27-24(30)26-13-2-14-28-15-11-20(12-16-28)17-19-3-7-22(25)8-4-19/h3-10,20H,2,11-17H2,1H3,(H2,26,27,30). The third-order valence-electron chi connectivity index (χ3n) is 5.63. The number of urea groups is 1. The van der Waals surface area contributed by atoms with Crippen molar-refractivity contribution in [1.82, 2.24) is 10.2 Å². The first kappa shape index (κ1) is 22.0. The van der Waals surface area contributed by atoms with Crippen LogP contribution in [0.15, 0.2) is 48.5 Å². The zero-order valence-corrected chi connectivity index (χ0v) is 17.5. The van der Waals surface area contributed by atoms with Gasteiger partial charge in [0.25, 0.3) is 0 Å². The molecule has 0 saturated carbocycles. The molecule has 1 saturated heterocycles. The number of hydrogen-bond acceptors (Lipinski definition) is 3. The van der Waals surface area contributed by atoms with Crippen molar-refractivity contribution >= 4 is 17.5 Å². The number of hydrogen-bond donors (Lipinski definition) is 2. The number of anilines is 1. The van der Waals surface area contributed by atoms with Gasteiger partial charge in [-0.05, 0) is 100 Å². The minimum Gasteiger partial charge on any atom is -0.338 e. The van der Waals surface area contributed by atoms with E-state index in [4.69, 9.17) is 0 Å². The second kappa shape index (κ2) is 10.9. The summed E-state index contributed by atoms with van der Waals surface area (Å²) in [6, 6.07) is 13.5. The van der Waals surface area contributed by atoms with Gasteiger partial charge in [0.1, 0.15) is 5.82 Å². The summed E-state index contributed by atoms with van der Waals surface area (Å²) in [7, 11) is 0. The number of halogens is 1. The summed E-state index contributed by atoms with van der Waals surface area (Å²) in [5, 5.41) is 5.66. The van der Waals surface area contributed by atoms with Gasteiger partial charge in [-0.3, -0.25) is 4.79 Å². The van der Waals surface area contributed by atoms with Crippen LogP contribution in [0.4, 0.5) is 14.9 Å². The molecule has 6 heteroatoms. The van der Waals surface area contributed by atoms with E-state index >= 15 is 0 Å². The monoisotopic (exact) mass is 411 g/mol. The zero-order chi connectivity index (χ0) is 21.3. The number of nitrogens with one attached hydrogen (secondary N) is 2. The zero-order valence-electron chi connectivity index (χ0n) is 17.5. The molecular weight excluding hydrogens is 381 g/mol. The van der Waals surface area contributed by atoms with Crippen LogP contribution >= 0.6 is 0 Å². The van der Waals surface area contributed by atoms with E-state index < -0.39 is 0 Å². The van der Waals surface area contributed by atoms with Gasteiger partial charge in [0.15, 0.2) is 5.78 Å². The maximum atomic E-state index is 13.0. The van der Waals surface area contributed by atoms with Gasteiger partial charge in [-0.1, -0.05) is 12.1 Å². The van der Waals surface area contributed by atoms with Gasteiger partial charge in [-0.2, -0.15) is 0 Å². The van der Waals surface area contributed by atoms with Crippen LogP contribution in [0.1, 0.15) is 42.1 Å². The third-order valence-corrected chi connectivity index (χ3v) is 5.63. The molecule has 1 aliphatic rings. The molecule has 2 amide bonds. The van der Waals surface area contributed by atoms with E-state index in [-0.39, 0.29) is 17.6 Å². The van der Waals surface area contributed by atoms with Crippen molar-refractivity contribution in [3.63, 3.8) is 0 Å². The molecule has 0 unspecified atom stereocenters. The summed E-state index contributed by atoms with van der Waals surface area (Å²) < 4.78 is 13.0. The molecule has 1 fully saturated rings. The summed E-state index contributed by atoms with van der Waals surface area (Å²) in [5.41, 5.74) is 2.50. The first-order chi connectivity index (χ1) is 14.5. The number of benzene rings is 2. The predicted molar refractivity (Wildman–Crippen MR) is 117 cm³/mol. The van der Waals surface area contributed by atoms with Crippen molar-refractivity contribution in [2.45, 2.75) is 32.6 Å². The van der Waals surface area contributed by atoms with E-state index in [0.717, 1.165) is 45.3 Å². The number of rotatable bonds is 8. The van der Waals surface area contributed by atoms with Gasteiger partial charge in [-0.15, -0.1) is 0 Å². The number of piperidine rings is 1. The molecule has 2 aromatic carbocycles. The molecule has 1 aliphatic heterocycles. The predicted octanol–water partition coefficient (Wildman–Crippen LogP) is 4.49. The van der Waals surface area contributed by atoms with Crippen molar-refractivity contribution in [3.05, 3.63) is 65.5 Å². The number of carbonyl (C=O) groups excluding carboxylic acids is 2. The number of ketones is 1. The van der Waals surface area contributed by atoms with Gasteiger partial charge in [0, 0.05) is 17.8 Å². The van der Waals surface area contributed by atoms with Gasteiger partial charge < -0.3 is 15.5 Å². The van der Waals surface area contributed by atoms with Crippen LogP contribution < -0.4 is 10.6 Å². The molecule has 0 spiro atoms. The fourth-order valence-electron chi connectivity index (χ4n) is 3.84. The van der Waals surface area contributed by atoms with E-state index in [1.54, 1.807) is 24.3 Å². The molecule has 0 aromatic heterocycles. The largest absolute Gasteiger partial charge is 0.338 e. The lowest BCUT2D eigenvalue weighted by molar-refractivity contribution is 0.101. The highest BCUT2D eigenvalue weighted by molar-refractivity contribution is 5.95. The van der Waals surface area contributed by atoms with Crippen molar-refractivity contribution < 1.29 is 14.0 Å². The summed E-state index contributed by atoms with van der Waals surface area (Å²) in [4.78, 5) is 25.7. The van der Waals surface area contributed by atoms with E-state index in [1.807, 2.05) is 12.1 Å². The van der Waals surface area contributed by atoms with Crippen molar-refractivity contribution in [3.8, 4) is 0 Å². The van der Waals surface area contributed by atoms with Crippen LogP contribution in [0.25, 0.3) is 0 Å². The lowest BCUT2D eigenvalue weighted by atomic mass is 9.90. The summed E-state index contributed by atoms with van der Waals surface area (Å²) in [6.07, 6.45) is 4.23. The van der Waals surface area contributed by atoms with Gasteiger partial charge >= 0.3 is 6.03 Å². The Kier molecular flexibility index (Phi) is 7.97. The lowest BCUT2D eigenvalue weighted by Gasteiger charge is -2.32. The maximum Gasteiger partial charge on any atom is 0.319 e. The van der Waals surface area contributed by atoms with E-state index in [0.29, 0.717) is 23.7 Å². The fourth-order valence-corrected chi connectivity index (χ4v) is 3.84. The van der Waals surface area contributed by atoms with Crippen LogP contribution in [0.3, 0.4) is 0 Å². The highest BCUT2D eigenvalue weighted by atomic mass is 19.1. The lowest BCUT2D eigenvalue weighted by Crippen LogP contribution is -2.37. The van der Waals surface area contributed by atoms with Crippen LogP contribution in [0.2, 0.25) is 0 Å². The molecule has 2 N–H and O–H groups in total. The van der Waals surface area contributed by atoms with Gasteiger partial charge in [0.05, 0.1) is 0 Å². The number of carbonyl (C=O) groups is 2. The minimum atomic E-state index is -0.233. The normalized spacial score (nSPS) is 15.0. The molecule has 160 valence electrons. The van der Waals surface area contributed by atoms with Crippen molar-refractivity contribution in [1.29, 1.82) is 0 Å². The Morgan fingerprint density at radius 3 is 2.33 bits per heavy atom. The smallest absolute Gasteiger partial charge is 0.319 e. The van der Waals surface area contributed by atoms with E-state index in [9.17, 15) is 14.0 Å². The van der Waals surface area contributed by atoms with Crippen molar-refractivity contribution in [2.24, 2.45) is 5.92 Å². The number of Topliss-reactive ketones (excluding diaryl/α,β-unsaturated/α-hetero) is 1. The number of likely N-dealkylation sites (tertiary alicyclic amines) is 1. The van der Waals surface area contributed by atoms with E-state index in [1.165, 1.54) is 24.6 Å². The van der Waals surface area contributed by atoms with Crippen LogP contribution in [0.5, 0.6) is 0 Å². The molecule has 3 rings (SSSR count). The van der Waals surface area contributed by atoms with Crippen LogP contribution in [-0.4, -0.2) is 42.9 Å². The molecule has 0 radical (unpaired) electrons. The third kappa shape index (κ3) is 6.95. The van der Waals surface area contributed by atoms with Gasteiger partial charge in [0.2, 0.25) is 0 Å². The van der Waals surface area contributed by atoms with E-state index in [2.05, 4.69) is 15.5 Å². The van der Waals surface area contributed by atoms with Crippen LogP contribution in [0, 0.1) is 11.7 Å². The minimum absolute atomic E-state index is 0.00508.